The molecule has 4 heterocycles. The lowest BCUT2D eigenvalue weighted by Crippen LogP contribution is -2.49. The Labute approximate surface area is 170 Å². The second kappa shape index (κ2) is 7.59. The maximum Gasteiger partial charge on any atom is 0.237 e. The summed E-state index contributed by atoms with van der Waals surface area (Å²) in [4.78, 5) is 19.2. The molecular formula is C21H28N4O2S. The molecule has 0 N–H and O–H groups in total. The van der Waals surface area contributed by atoms with E-state index in [9.17, 15) is 4.79 Å². The fraction of sp³-hybridized carbons (Fsp3) is 0.667. The van der Waals surface area contributed by atoms with Gasteiger partial charge in [0.2, 0.25) is 5.91 Å². The van der Waals surface area contributed by atoms with Crippen molar-refractivity contribution in [2.45, 2.75) is 76.5 Å². The van der Waals surface area contributed by atoms with E-state index in [0.29, 0.717) is 25.2 Å². The Hall–Kier alpha value is -1.73. The van der Waals surface area contributed by atoms with Crippen molar-refractivity contribution in [1.29, 1.82) is 0 Å². The van der Waals surface area contributed by atoms with Gasteiger partial charge in [-0.15, -0.1) is 5.10 Å². The molecule has 2 atom stereocenters. The molecule has 2 aromatic heterocycles. The van der Waals surface area contributed by atoms with Crippen molar-refractivity contribution in [1.82, 2.24) is 19.4 Å². The molecule has 0 aromatic carbocycles. The molecule has 1 saturated heterocycles. The number of aromatic nitrogens is 2. The smallest absolute Gasteiger partial charge is 0.237 e. The molecule has 1 amide bonds. The molecule has 28 heavy (non-hydrogen) atoms. The Morgan fingerprint density at radius 3 is 2.93 bits per heavy atom. The molecule has 0 spiro atoms. The second-order valence-electron chi connectivity index (χ2n) is 8.73. The zero-order valence-electron chi connectivity index (χ0n) is 16.4. The maximum atomic E-state index is 13.5. The predicted molar refractivity (Wildman–Crippen MR) is 107 cm³/mol. The molecule has 6 nitrogen and oxygen atoms in total. The molecule has 3 aliphatic rings. The molecule has 0 radical (unpaired) electrons. The number of amides is 1. The lowest BCUT2D eigenvalue weighted by atomic mass is 9.86. The van der Waals surface area contributed by atoms with Gasteiger partial charge in [0.05, 0.1) is 36.0 Å². The normalized spacial score (nSPS) is 29.3. The summed E-state index contributed by atoms with van der Waals surface area (Å²) in [5.41, 5.74) is 1.12. The number of carbonyl (C=O) groups is 1. The van der Waals surface area contributed by atoms with E-state index in [-0.39, 0.29) is 11.9 Å². The van der Waals surface area contributed by atoms with Crippen molar-refractivity contribution in [3.8, 4) is 0 Å². The first-order valence-corrected chi connectivity index (χ1v) is 11.3. The van der Waals surface area contributed by atoms with E-state index in [1.54, 1.807) is 6.26 Å². The summed E-state index contributed by atoms with van der Waals surface area (Å²) in [5, 5.41) is 4.29. The van der Waals surface area contributed by atoms with Gasteiger partial charge in [0.25, 0.3) is 0 Å². The quantitative estimate of drug-likeness (QED) is 0.764. The standard InChI is InChI=1S/C21H28N4O2S/c1-14-4-6-15(7-5-14)24(12-17-3-2-10-27-17)13-20(26)25-16-8-9-19(25)21-18(11-16)22-23-28-21/h2-3,10,14-16,19H,4-9,11-13H2,1H3/t14?,15?,16-,19-/m0/s1. The van der Waals surface area contributed by atoms with Crippen LogP contribution in [0.5, 0.6) is 0 Å². The summed E-state index contributed by atoms with van der Waals surface area (Å²) in [6.07, 6.45) is 9.56. The van der Waals surface area contributed by atoms with Gasteiger partial charge >= 0.3 is 0 Å². The number of rotatable bonds is 5. The highest BCUT2D eigenvalue weighted by atomic mass is 32.1. The molecular weight excluding hydrogens is 372 g/mol. The van der Waals surface area contributed by atoms with Crippen molar-refractivity contribution in [3.05, 3.63) is 34.7 Å². The van der Waals surface area contributed by atoms with Crippen LogP contribution in [0.4, 0.5) is 0 Å². The summed E-state index contributed by atoms with van der Waals surface area (Å²) in [6, 6.07) is 4.90. The third-order valence-corrected chi connectivity index (χ3v) is 7.75. The zero-order valence-corrected chi connectivity index (χ0v) is 17.2. The number of nitrogens with zero attached hydrogens (tertiary/aromatic N) is 4. The molecule has 5 rings (SSSR count). The van der Waals surface area contributed by atoms with Gasteiger partial charge in [0, 0.05) is 18.5 Å². The molecule has 1 aliphatic carbocycles. The average Bonchev–Trinajstić information content (AvgIpc) is 3.43. The van der Waals surface area contributed by atoms with Crippen molar-refractivity contribution < 1.29 is 9.21 Å². The van der Waals surface area contributed by atoms with Gasteiger partial charge in [0.15, 0.2) is 0 Å². The lowest BCUT2D eigenvalue weighted by molar-refractivity contribution is -0.137. The number of hydrogen-bond donors (Lipinski definition) is 0. The summed E-state index contributed by atoms with van der Waals surface area (Å²) in [6.45, 7) is 3.53. The summed E-state index contributed by atoms with van der Waals surface area (Å²) in [5.74, 6) is 2.01. The molecule has 7 heteroatoms. The molecule has 150 valence electrons. The van der Waals surface area contributed by atoms with Gasteiger partial charge in [-0.3, -0.25) is 9.69 Å². The van der Waals surface area contributed by atoms with Crippen LogP contribution in [-0.2, 0) is 17.8 Å². The fourth-order valence-corrected chi connectivity index (χ4v) is 6.14. The minimum atomic E-state index is 0.193. The van der Waals surface area contributed by atoms with E-state index in [4.69, 9.17) is 4.42 Å². The Morgan fingerprint density at radius 1 is 1.29 bits per heavy atom. The number of fused-ring (bicyclic) bond motifs is 4. The Morgan fingerprint density at radius 2 is 2.14 bits per heavy atom. The Balaban J connectivity index is 1.33. The van der Waals surface area contributed by atoms with Gasteiger partial charge < -0.3 is 9.32 Å². The summed E-state index contributed by atoms with van der Waals surface area (Å²) < 4.78 is 9.75. The summed E-state index contributed by atoms with van der Waals surface area (Å²) in [7, 11) is 0. The van der Waals surface area contributed by atoms with E-state index >= 15 is 0 Å². The van der Waals surface area contributed by atoms with Crippen LogP contribution >= 0.6 is 11.5 Å². The minimum Gasteiger partial charge on any atom is -0.468 e. The van der Waals surface area contributed by atoms with E-state index in [0.717, 1.165) is 36.6 Å². The highest BCUT2D eigenvalue weighted by molar-refractivity contribution is 7.05. The molecule has 0 unspecified atom stereocenters. The SMILES string of the molecule is CC1CCC(N(CC(=O)N2[C@H]3CC[C@H]2c2snnc2C3)Cc2ccco2)CC1. The fourth-order valence-electron chi connectivity index (χ4n) is 5.33. The number of carbonyl (C=O) groups excluding carboxylic acids is 1. The van der Waals surface area contributed by atoms with E-state index in [1.165, 1.54) is 42.1 Å². The Bertz CT molecular complexity index is 812. The number of furan rings is 1. The first-order chi connectivity index (χ1) is 13.7. The van der Waals surface area contributed by atoms with Crippen LogP contribution in [0, 0.1) is 5.92 Å². The van der Waals surface area contributed by atoms with Crippen LogP contribution in [-0.4, -0.2) is 43.9 Å². The third-order valence-electron chi connectivity index (χ3n) is 6.89. The molecule has 2 aromatic rings. The van der Waals surface area contributed by atoms with Gasteiger partial charge in [-0.1, -0.05) is 11.4 Å². The van der Waals surface area contributed by atoms with Gasteiger partial charge in [-0.2, -0.15) is 0 Å². The van der Waals surface area contributed by atoms with E-state index in [2.05, 4.69) is 26.3 Å². The predicted octanol–water partition coefficient (Wildman–Crippen LogP) is 3.80. The van der Waals surface area contributed by atoms with Crippen LogP contribution in [0.3, 0.4) is 0 Å². The molecule has 2 aliphatic heterocycles. The van der Waals surface area contributed by atoms with Crippen LogP contribution < -0.4 is 0 Å². The maximum absolute atomic E-state index is 13.5. The molecule has 1 saturated carbocycles. The monoisotopic (exact) mass is 400 g/mol. The number of hydrogen-bond acceptors (Lipinski definition) is 6. The Kier molecular flexibility index (Phi) is 4.97. The minimum absolute atomic E-state index is 0.193. The third kappa shape index (κ3) is 3.39. The van der Waals surface area contributed by atoms with E-state index in [1.807, 2.05) is 12.1 Å². The van der Waals surface area contributed by atoms with Crippen LogP contribution in [0.1, 0.15) is 67.8 Å². The largest absolute Gasteiger partial charge is 0.468 e. The first-order valence-electron chi connectivity index (χ1n) is 10.6. The van der Waals surface area contributed by atoms with Gasteiger partial charge in [-0.25, -0.2) is 0 Å². The van der Waals surface area contributed by atoms with Crippen molar-refractivity contribution >= 4 is 17.4 Å². The molecule has 2 fully saturated rings. The molecule has 2 bridgehead atoms. The van der Waals surface area contributed by atoms with Crippen LogP contribution in [0.25, 0.3) is 0 Å². The zero-order chi connectivity index (χ0) is 19.1. The van der Waals surface area contributed by atoms with Crippen molar-refractivity contribution in [3.63, 3.8) is 0 Å². The van der Waals surface area contributed by atoms with Crippen molar-refractivity contribution in [2.75, 3.05) is 6.54 Å². The highest BCUT2D eigenvalue weighted by Gasteiger charge is 2.45. The average molecular weight is 401 g/mol. The van der Waals surface area contributed by atoms with Crippen molar-refractivity contribution in [2.24, 2.45) is 5.92 Å². The topological polar surface area (TPSA) is 62.5 Å². The highest BCUT2D eigenvalue weighted by Crippen LogP contribution is 2.44. The second-order valence-corrected chi connectivity index (χ2v) is 9.52. The van der Waals surface area contributed by atoms with Crippen LogP contribution in [0.2, 0.25) is 0 Å². The summed E-state index contributed by atoms with van der Waals surface area (Å²) >= 11 is 1.47. The van der Waals surface area contributed by atoms with Gasteiger partial charge in [0.1, 0.15) is 5.76 Å². The first kappa shape index (κ1) is 18.3. The lowest BCUT2D eigenvalue weighted by Gasteiger charge is -2.39. The van der Waals surface area contributed by atoms with E-state index < -0.39 is 0 Å². The van der Waals surface area contributed by atoms with Crippen LogP contribution in [0.15, 0.2) is 22.8 Å². The van der Waals surface area contributed by atoms with Gasteiger partial charge in [-0.05, 0) is 68.1 Å².